The number of rotatable bonds is 5. The zero-order valence-electron chi connectivity index (χ0n) is 17.8. The van der Waals surface area contributed by atoms with Gasteiger partial charge in [0.1, 0.15) is 0 Å². The van der Waals surface area contributed by atoms with Crippen molar-refractivity contribution in [3.8, 4) is 39.3 Å². The predicted molar refractivity (Wildman–Crippen MR) is 131 cm³/mol. The van der Waals surface area contributed by atoms with Gasteiger partial charge in [-0.25, -0.2) is 0 Å². The molecule has 0 unspecified atom stereocenters. The lowest BCUT2D eigenvalue weighted by Gasteiger charge is -2.12. The van der Waals surface area contributed by atoms with Gasteiger partial charge < -0.3 is 0 Å². The van der Waals surface area contributed by atoms with Crippen LogP contribution in [-0.2, 0) is 0 Å². The van der Waals surface area contributed by atoms with Crippen LogP contribution in [0.4, 0.5) is 5.69 Å². The van der Waals surface area contributed by atoms with Gasteiger partial charge in [-0.3, -0.25) is 10.1 Å². The van der Waals surface area contributed by atoms with Gasteiger partial charge in [-0.05, 0) is 41.5 Å². The standard InChI is InChI=1S/C29H21N2O2/c32-31(33)27-18-10-17-26(21-27)30-28(23-13-6-2-7-14-23)19-25(22-11-4-1-5-12-22)20-29(30)24-15-8-3-9-16-24/h1-21H/q+1. The Balaban J connectivity index is 1.88. The van der Waals surface area contributed by atoms with Crippen molar-refractivity contribution >= 4 is 5.69 Å². The van der Waals surface area contributed by atoms with E-state index < -0.39 is 0 Å². The first-order chi connectivity index (χ1) is 16.2. The third kappa shape index (κ3) is 4.14. The average molecular weight is 429 g/mol. The molecule has 1 aromatic heterocycles. The molecule has 1 heterocycles. The highest BCUT2D eigenvalue weighted by Crippen LogP contribution is 2.31. The van der Waals surface area contributed by atoms with Crippen molar-refractivity contribution in [1.29, 1.82) is 0 Å². The van der Waals surface area contributed by atoms with Crippen molar-refractivity contribution in [1.82, 2.24) is 0 Å². The lowest BCUT2D eigenvalue weighted by molar-refractivity contribution is -0.572. The summed E-state index contributed by atoms with van der Waals surface area (Å²) in [6.45, 7) is 0. The van der Waals surface area contributed by atoms with E-state index >= 15 is 0 Å². The van der Waals surface area contributed by atoms with E-state index in [1.807, 2.05) is 60.7 Å². The molecule has 5 rings (SSSR count). The van der Waals surface area contributed by atoms with E-state index in [-0.39, 0.29) is 10.6 Å². The number of hydrogen-bond acceptors (Lipinski definition) is 2. The molecule has 0 radical (unpaired) electrons. The Labute approximate surface area is 192 Å². The summed E-state index contributed by atoms with van der Waals surface area (Å²) in [4.78, 5) is 11.2. The molecule has 0 saturated carbocycles. The smallest absolute Gasteiger partial charge is 0.258 e. The molecule has 0 aliphatic rings. The molecule has 0 aliphatic heterocycles. The maximum Gasteiger partial charge on any atom is 0.276 e. The average Bonchev–Trinajstić information content (AvgIpc) is 2.89. The zero-order chi connectivity index (χ0) is 22.6. The Bertz CT molecular complexity index is 1360. The third-order valence-electron chi connectivity index (χ3n) is 5.61. The second-order valence-corrected chi connectivity index (χ2v) is 7.72. The minimum absolute atomic E-state index is 0.0603. The number of non-ortho nitro benzene ring substituents is 1. The molecule has 33 heavy (non-hydrogen) atoms. The van der Waals surface area contributed by atoms with Crippen molar-refractivity contribution in [2.45, 2.75) is 0 Å². The number of aromatic nitrogens is 1. The molecule has 0 atom stereocenters. The van der Waals surface area contributed by atoms with Crippen molar-refractivity contribution in [2.24, 2.45) is 0 Å². The minimum atomic E-state index is -0.354. The number of nitro groups is 1. The summed E-state index contributed by atoms with van der Waals surface area (Å²) in [5.74, 6) is 0. The number of benzene rings is 4. The van der Waals surface area contributed by atoms with Gasteiger partial charge in [0, 0.05) is 35.4 Å². The molecular formula is C29H21N2O2+. The first-order valence-corrected chi connectivity index (χ1v) is 10.7. The monoisotopic (exact) mass is 429 g/mol. The van der Waals surface area contributed by atoms with Crippen molar-refractivity contribution < 1.29 is 9.49 Å². The Kier molecular flexibility index (Phi) is 5.48. The van der Waals surface area contributed by atoms with Gasteiger partial charge in [-0.15, -0.1) is 0 Å². The van der Waals surface area contributed by atoms with E-state index in [9.17, 15) is 10.1 Å². The van der Waals surface area contributed by atoms with Gasteiger partial charge in [0.05, 0.1) is 11.0 Å². The molecule has 4 heteroatoms. The highest BCUT2D eigenvalue weighted by Gasteiger charge is 2.26. The van der Waals surface area contributed by atoms with Crippen LogP contribution in [0.5, 0.6) is 0 Å². The Morgan fingerprint density at radius 3 is 1.48 bits per heavy atom. The molecular weight excluding hydrogens is 408 g/mol. The SMILES string of the molecule is O=[N+]([O-])c1cccc(-[n+]2c(-c3ccccc3)cc(-c3ccccc3)cc2-c2ccccc2)c1. The fourth-order valence-electron chi connectivity index (χ4n) is 4.06. The Morgan fingerprint density at radius 1 is 0.515 bits per heavy atom. The normalized spacial score (nSPS) is 10.7. The Morgan fingerprint density at radius 2 is 1.00 bits per heavy atom. The topological polar surface area (TPSA) is 47.0 Å². The van der Waals surface area contributed by atoms with Gasteiger partial charge in [0.25, 0.3) is 5.69 Å². The van der Waals surface area contributed by atoms with Crippen molar-refractivity contribution in [3.05, 3.63) is 138 Å². The second-order valence-electron chi connectivity index (χ2n) is 7.72. The highest BCUT2D eigenvalue weighted by atomic mass is 16.6. The van der Waals surface area contributed by atoms with E-state index in [0.717, 1.165) is 39.3 Å². The second kappa shape index (κ2) is 8.89. The number of pyridine rings is 1. The number of nitro benzene ring substituents is 1. The van der Waals surface area contributed by atoms with Crippen molar-refractivity contribution in [3.63, 3.8) is 0 Å². The minimum Gasteiger partial charge on any atom is -0.258 e. The molecule has 4 aromatic carbocycles. The summed E-state index contributed by atoms with van der Waals surface area (Å²) in [7, 11) is 0. The summed E-state index contributed by atoms with van der Waals surface area (Å²) in [6.07, 6.45) is 0. The van der Waals surface area contributed by atoms with E-state index in [2.05, 4.69) is 53.1 Å². The first kappa shape index (κ1) is 20.3. The van der Waals surface area contributed by atoms with Crippen LogP contribution >= 0.6 is 0 Å². The Hall–Kier alpha value is -4.57. The quantitative estimate of drug-likeness (QED) is 0.174. The highest BCUT2D eigenvalue weighted by molar-refractivity contribution is 5.74. The lowest BCUT2D eigenvalue weighted by atomic mass is 9.98. The summed E-state index contributed by atoms with van der Waals surface area (Å²) >= 11 is 0. The summed E-state index contributed by atoms with van der Waals surface area (Å²) in [6, 6.07) is 41.6. The van der Waals surface area contributed by atoms with Gasteiger partial charge in [0.2, 0.25) is 17.1 Å². The van der Waals surface area contributed by atoms with Gasteiger partial charge in [0.15, 0.2) is 0 Å². The van der Waals surface area contributed by atoms with E-state index in [1.54, 1.807) is 12.1 Å². The third-order valence-corrected chi connectivity index (χ3v) is 5.61. The lowest BCUT2D eigenvalue weighted by Crippen LogP contribution is -2.36. The molecule has 0 fully saturated rings. The molecule has 0 amide bonds. The van der Waals surface area contributed by atoms with Crippen LogP contribution in [0.3, 0.4) is 0 Å². The van der Waals surface area contributed by atoms with Gasteiger partial charge in [-0.1, -0.05) is 66.7 Å². The molecule has 5 aromatic rings. The van der Waals surface area contributed by atoms with Crippen LogP contribution in [-0.4, -0.2) is 4.92 Å². The molecule has 158 valence electrons. The fraction of sp³-hybridized carbons (Fsp3) is 0. The summed E-state index contributed by atoms with van der Waals surface area (Å²) in [5, 5.41) is 11.5. The van der Waals surface area contributed by atoms with E-state index in [1.165, 1.54) is 6.07 Å². The van der Waals surface area contributed by atoms with Crippen LogP contribution in [0.1, 0.15) is 0 Å². The first-order valence-electron chi connectivity index (χ1n) is 10.7. The summed E-state index contributed by atoms with van der Waals surface area (Å²) < 4.78 is 2.10. The van der Waals surface area contributed by atoms with Crippen LogP contribution in [0.15, 0.2) is 127 Å². The summed E-state index contributed by atoms with van der Waals surface area (Å²) in [5.41, 5.74) is 6.95. The fourth-order valence-corrected chi connectivity index (χ4v) is 4.06. The van der Waals surface area contributed by atoms with Gasteiger partial charge in [-0.2, -0.15) is 4.57 Å². The number of nitrogens with zero attached hydrogens (tertiary/aromatic N) is 2. The van der Waals surface area contributed by atoms with Crippen molar-refractivity contribution in [2.75, 3.05) is 0 Å². The molecule has 4 nitrogen and oxygen atoms in total. The van der Waals surface area contributed by atoms with E-state index in [4.69, 9.17) is 0 Å². The van der Waals surface area contributed by atoms with Crippen LogP contribution in [0.25, 0.3) is 39.3 Å². The van der Waals surface area contributed by atoms with Crippen LogP contribution in [0.2, 0.25) is 0 Å². The van der Waals surface area contributed by atoms with Crippen LogP contribution < -0.4 is 4.57 Å². The molecule has 0 spiro atoms. The molecule has 0 aliphatic carbocycles. The largest absolute Gasteiger partial charge is 0.276 e. The maximum atomic E-state index is 11.5. The molecule has 0 saturated heterocycles. The number of hydrogen-bond donors (Lipinski definition) is 0. The zero-order valence-corrected chi connectivity index (χ0v) is 17.8. The molecule has 0 bridgehead atoms. The maximum absolute atomic E-state index is 11.5. The van der Waals surface area contributed by atoms with Gasteiger partial charge >= 0.3 is 0 Å². The van der Waals surface area contributed by atoms with Crippen LogP contribution in [0, 0.1) is 10.1 Å². The molecule has 0 N–H and O–H groups in total. The predicted octanol–water partition coefficient (Wildman–Crippen LogP) is 6.87. The van der Waals surface area contributed by atoms with E-state index in [0.29, 0.717) is 0 Å².